The number of nitrogens with one attached hydrogen (secondary N) is 1. The van der Waals surface area contributed by atoms with Crippen molar-refractivity contribution in [3.8, 4) is 6.07 Å². The fraction of sp³-hybridized carbons (Fsp3) is 0.600. The Labute approximate surface area is 114 Å². The van der Waals surface area contributed by atoms with E-state index >= 15 is 0 Å². The van der Waals surface area contributed by atoms with E-state index in [4.69, 9.17) is 5.26 Å². The minimum absolute atomic E-state index is 0.417. The summed E-state index contributed by atoms with van der Waals surface area (Å²) < 4.78 is 0. The Morgan fingerprint density at radius 1 is 1.32 bits per heavy atom. The second-order valence-electron chi connectivity index (χ2n) is 5.80. The van der Waals surface area contributed by atoms with Crippen LogP contribution in [0.1, 0.15) is 31.4 Å². The minimum atomic E-state index is 0.417. The molecule has 0 saturated carbocycles. The molecule has 4 heteroatoms. The summed E-state index contributed by atoms with van der Waals surface area (Å²) in [5, 5.41) is 12.5. The first-order chi connectivity index (χ1) is 9.31. The van der Waals surface area contributed by atoms with Gasteiger partial charge in [-0.15, -0.1) is 0 Å². The Morgan fingerprint density at radius 3 is 3.00 bits per heavy atom. The van der Waals surface area contributed by atoms with E-state index in [-0.39, 0.29) is 0 Å². The van der Waals surface area contributed by atoms with Crippen LogP contribution in [0.5, 0.6) is 0 Å². The fourth-order valence-corrected chi connectivity index (χ4v) is 3.44. The lowest BCUT2D eigenvalue weighted by molar-refractivity contribution is 0.173. The Hall–Kier alpha value is -1.60. The molecule has 2 saturated heterocycles. The zero-order valence-electron chi connectivity index (χ0n) is 11.2. The second kappa shape index (κ2) is 5.18. The average molecular weight is 256 g/mol. The molecule has 1 aromatic rings. The molecule has 19 heavy (non-hydrogen) atoms. The predicted molar refractivity (Wildman–Crippen MR) is 74.9 cm³/mol. The SMILES string of the molecule is N#Cc1cccc(N2CCCC3(CCCNC3)C2)n1. The van der Waals surface area contributed by atoms with Crippen LogP contribution in [-0.2, 0) is 0 Å². The molecule has 0 aliphatic carbocycles. The highest BCUT2D eigenvalue weighted by molar-refractivity contribution is 5.42. The summed E-state index contributed by atoms with van der Waals surface area (Å²) in [6.07, 6.45) is 5.13. The molecule has 3 rings (SSSR count). The van der Waals surface area contributed by atoms with Gasteiger partial charge < -0.3 is 10.2 Å². The number of hydrogen-bond donors (Lipinski definition) is 1. The van der Waals surface area contributed by atoms with Gasteiger partial charge in [-0.25, -0.2) is 4.98 Å². The van der Waals surface area contributed by atoms with Gasteiger partial charge in [-0.2, -0.15) is 5.26 Å². The summed E-state index contributed by atoms with van der Waals surface area (Å²) in [5.74, 6) is 0.962. The first-order valence-electron chi connectivity index (χ1n) is 7.14. The lowest BCUT2D eigenvalue weighted by Crippen LogP contribution is -2.51. The topological polar surface area (TPSA) is 52.0 Å². The monoisotopic (exact) mass is 256 g/mol. The lowest BCUT2D eigenvalue weighted by atomic mass is 9.74. The molecular weight excluding hydrogens is 236 g/mol. The molecule has 100 valence electrons. The van der Waals surface area contributed by atoms with Crippen molar-refractivity contribution in [3.63, 3.8) is 0 Å². The van der Waals surface area contributed by atoms with E-state index in [1.165, 1.54) is 25.7 Å². The lowest BCUT2D eigenvalue weighted by Gasteiger charge is -2.45. The predicted octanol–water partition coefficient (Wildman–Crippen LogP) is 1.92. The first kappa shape index (κ1) is 12.4. The summed E-state index contributed by atoms with van der Waals surface area (Å²) in [5.41, 5.74) is 0.930. The normalized spacial score (nSPS) is 27.2. The third kappa shape index (κ3) is 2.57. The highest BCUT2D eigenvalue weighted by atomic mass is 15.2. The minimum Gasteiger partial charge on any atom is -0.356 e. The van der Waals surface area contributed by atoms with Crippen LogP contribution in [0.3, 0.4) is 0 Å². The molecule has 2 aliphatic rings. The number of pyridine rings is 1. The van der Waals surface area contributed by atoms with Crippen LogP contribution in [0.15, 0.2) is 18.2 Å². The van der Waals surface area contributed by atoms with Gasteiger partial charge in [-0.05, 0) is 44.4 Å². The molecular formula is C15H20N4. The van der Waals surface area contributed by atoms with Crippen molar-refractivity contribution in [1.29, 1.82) is 5.26 Å². The highest BCUT2D eigenvalue weighted by Crippen LogP contribution is 2.37. The molecule has 0 aromatic carbocycles. The zero-order valence-corrected chi connectivity index (χ0v) is 11.2. The van der Waals surface area contributed by atoms with Gasteiger partial charge >= 0.3 is 0 Å². The van der Waals surface area contributed by atoms with Gasteiger partial charge in [0, 0.05) is 25.0 Å². The maximum absolute atomic E-state index is 8.96. The number of hydrogen-bond acceptors (Lipinski definition) is 4. The highest BCUT2D eigenvalue weighted by Gasteiger charge is 2.36. The van der Waals surface area contributed by atoms with Gasteiger partial charge in [0.05, 0.1) is 0 Å². The molecule has 1 unspecified atom stereocenters. The molecule has 1 N–H and O–H groups in total. The van der Waals surface area contributed by atoms with E-state index in [1.807, 2.05) is 12.1 Å². The van der Waals surface area contributed by atoms with Crippen molar-refractivity contribution in [2.75, 3.05) is 31.1 Å². The van der Waals surface area contributed by atoms with E-state index in [0.717, 1.165) is 32.0 Å². The molecule has 1 atom stereocenters. The maximum atomic E-state index is 8.96. The largest absolute Gasteiger partial charge is 0.356 e. The summed E-state index contributed by atoms with van der Waals surface area (Å²) in [4.78, 5) is 6.80. The van der Waals surface area contributed by atoms with E-state index in [1.54, 1.807) is 6.07 Å². The molecule has 2 fully saturated rings. The van der Waals surface area contributed by atoms with Gasteiger partial charge in [-0.3, -0.25) is 0 Å². The Balaban J connectivity index is 1.79. The molecule has 0 radical (unpaired) electrons. The molecule has 4 nitrogen and oxygen atoms in total. The van der Waals surface area contributed by atoms with Gasteiger partial charge in [0.1, 0.15) is 17.6 Å². The number of piperidine rings is 2. The average Bonchev–Trinajstić information content (AvgIpc) is 2.48. The molecule has 2 aliphatic heterocycles. The standard InChI is InChI=1S/C15H20N4/c16-10-13-4-1-5-14(18-13)19-9-3-7-15(12-19)6-2-8-17-11-15/h1,4-5,17H,2-3,6-9,11-12H2. The van der Waals surface area contributed by atoms with Crippen LogP contribution >= 0.6 is 0 Å². The zero-order chi connectivity index (χ0) is 13.1. The number of nitriles is 1. The summed E-state index contributed by atoms with van der Waals surface area (Å²) in [6, 6.07) is 7.85. The van der Waals surface area contributed by atoms with Gasteiger partial charge in [0.25, 0.3) is 0 Å². The van der Waals surface area contributed by atoms with E-state index < -0.39 is 0 Å². The fourth-order valence-electron chi connectivity index (χ4n) is 3.44. The van der Waals surface area contributed by atoms with Gasteiger partial charge in [-0.1, -0.05) is 6.07 Å². The Bertz CT molecular complexity index is 480. The number of rotatable bonds is 1. The van der Waals surface area contributed by atoms with Gasteiger partial charge in [0.15, 0.2) is 0 Å². The van der Waals surface area contributed by atoms with Crippen molar-refractivity contribution in [2.45, 2.75) is 25.7 Å². The van der Waals surface area contributed by atoms with Crippen molar-refractivity contribution < 1.29 is 0 Å². The van der Waals surface area contributed by atoms with Crippen LogP contribution < -0.4 is 10.2 Å². The van der Waals surface area contributed by atoms with Crippen LogP contribution in [-0.4, -0.2) is 31.2 Å². The molecule has 1 spiro atoms. The van der Waals surface area contributed by atoms with Crippen LogP contribution in [0.25, 0.3) is 0 Å². The smallest absolute Gasteiger partial charge is 0.142 e. The van der Waals surface area contributed by atoms with Crippen molar-refractivity contribution in [1.82, 2.24) is 10.3 Å². The van der Waals surface area contributed by atoms with E-state index in [0.29, 0.717) is 11.1 Å². The van der Waals surface area contributed by atoms with Crippen molar-refractivity contribution in [3.05, 3.63) is 23.9 Å². The second-order valence-corrected chi connectivity index (χ2v) is 5.80. The number of nitrogens with zero attached hydrogens (tertiary/aromatic N) is 3. The summed E-state index contributed by atoms with van der Waals surface area (Å²) in [6.45, 7) is 4.41. The summed E-state index contributed by atoms with van der Waals surface area (Å²) >= 11 is 0. The molecule has 3 heterocycles. The molecule has 0 amide bonds. The third-order valence-electron chi connectivity index (χ3n) is 4.40. The Morgan fingerprint density at radius 2 is 2.21 bits per heavy atom. The maximum Gasteiger partial charge on any atom is 0.142 e. The Kier molecular flexibility index (Phi) is 3.39. The first-order valence-corrected chi connectivity index (χ1v) is 7.14. The third-order valence-corrected chi connectivity index (χ3v) is 4.40. The quantitative estimate of drug-likeness (QED) is 0.834. The van der Waals surface area contributed by atoms with Gasteiger partial charge in [0.2, 0.25) is 0 Å². The number of aromatic nitrogens is 1. The summed E-state index contributed by atoms with van der Waals surface area (Å²) in [7, 11) is 0. The van der Waals surface area contributed by atoms with Crippen LogP contribution in [0.2, 0.25) is 0 Å². The van der Waals surface area contributed by atoms with E-state index in [9.17, 15) is 0 Å². The molecule has 1 aromatic heterocycles. The van der Waals surface area contributed by atoms with Crippen molar-refractivity contribution >= 4 is 5.82 Å². The molecule has 0 bridgehead atoms. The number of anilines is 1. The van der Waals surface area contributed by atoms with E-state index in [2.05, 4.69) is 21.3 Å². The van der Waals surface area contributed by atoms with Crippen LogP contribution in [0.4, 0.5) is 5.82 Å². The van der Waals surface area contributed by atoms with Crippen molar-refractivity contribution in [2.24, 2.45) is 5.41 Å². The van der Waals surface area contributed by atoms with Crippen LogP contribution in [0, 0.1) is 16.7 Å².